The summed E-state index contributed by atoms with van der Waals surface area (Å²) < 4.78 is 1.04. The van der Waals surface area contributed by atoms with E-state index in [4.69, 9.17) is 11.6 Å². The lowest BCUT2D eigenvalue weighted by Crippen LogP contribution is -1.99. The van der Waals surface area contributed by atoms with Gasteiger partial charge in [-0.25, -0.2) is 15.0 Å². The number of aromatic nitrogens is 3. The van der Waals surface area contributed by atoms with Gasteiger partial charge in [0.1, 0.15) is 0 Å². The van der Waals surface area contributed by atoms with Gasteiger partial charge < -0.3 is 0 Å². The van der Waals surface area contributed by atoms with Gasteiger partial charge in [0.05, 0.1) is 10.2 Å². The lowest BCUT2D eigenvalue weighted by molar-refractivity contribution is 1.06. The van der Waals surface area contributed by atoms with Crippen molar-refractivity contribution in [2.75, 3.05) is 5.32 Å². The number of nitrogens with one attached hydrogen (secondary N) is 1. The summed E-state index contributed by atoms with van der Waals surface area (Å²) in [7, 11) is 0. The van der Waals surface area contributed by atoms with Crippen LogP contribution in [0.5, 0.6) is 0 Å². The smallest absolute Gasteiger partial charge is 0.229 e. The Bertz CT molecular complexity index is 733. The third-order valence-corrected chi connectivity index (χ3v) is 3.72. The number of hydrogen-bond donors (Lipinski definition) is 1. The van der Waals surface area contributed by atoms with E-state index < -0.39 is 0 Å². The molecule has 0 aliphatic heterocycles. The van der Waals surface area contributed by atoms with Crippen molar-refractivity contribution >= 4 is 44.2 Å². The summed E-state index contributed by atoms with van der Waals surface area (Å²) in [5.41, 5.74) is 2.78. The highest BCUT2D eigenvalue weighted by Crippen LogP contribution is 2.29. The number of fused-ring (bicyclic) bond motifs is 1. The fraction of sp³-hybridized carbons (Fsp3) is 0.154. The lowest BCUT2D eigenvalue weighted by Gasteiger charge is -2.02. The van der Waals surface area contributed by atoms with E-state index in [1.807, 2.05) is 38.1 Å². The molecule has 19 heavy (non-hydrogen) atoms. The fourth-order valence-electron chi connectivity index (χ4n) is 1.83. The van der Waals surface area contributed by atoms with Crippen LogP contribution in [-0.2, 0) is 0 Å². The summed E-state index contributed by atoms with van der Waals surface area (Å²) in [6.45, 7) is 3.88. The molecule has 0 bridgehead atoms. The van der Waals surface area contributed by atoms with E-state index in [-0.39, 0.29) is 0 Å². The van der Waals surface area contributed by atoms with Crippen molar-refractivity contribution in [2.24, 2.45) is 0 Å². The van der Waals surface area contributed by atoms with E-state index in [9.17, 15) is 0 Å². The molecule has 0 atom stereocenters. The third-order valence-electron chi connectivity index (χ3n) is 2.55. The van der Waals surface area contributed by atoms with Crippen LogP contribution in [0.4, 0.5) is 11.1 Å². The van der Waals surface area contributed by atoms with E-state index in [1.54, 1.807) is 0 Å². The van der Waals surface area contributed by atoms with Gasteiger partial charge in [0, 0.05) is 16.4 Å². The Balaban J connectivity index is 1.96. The van der Waals surface area contributed by atoms with Crippen molar-refractivity contribution in [1.82, 2.24) is 15.0 Å². The summed E-state index contributed by atoms with van der Waals surface area (Å²) in [5.74, 6) is 0.572. The number of hydrogen-bond acceptors (Lipinski definition) is 5. The number of rotatable bonds is 2. The molecule has 6 heteroatoms. The van der Waals surface area contributed by atoms with Crippen LogP contribution in [-0.4, -0.2) is 15.0 Å². The number of thiazole rings is 1. The molecule has 3 rings (SSSR count). The molecule has 0 radical (unpaired) electrons. The standard InChI is InChI=1S/C13H11ClN4S/c1-7-5-8(2)16-12(15-7)18-13-17-10-4-3-9(14)6-11(10)19-13/h3-6H,1-2H3,(H,15,16,17,18). The first-order chi connectivity index (χ1) is 9.10. The number of anilines is 2. The molecule has 0 spiro atoms. The minimum atomic E-state index is 0.572. The molecule has 1 N–H and O–H groups in total. The second-order valence-electron chi connectivity index (χ2n) is 4.23. The molecular weight excluding hydrogens is 280 g/mol. The molecular formula is C13H11ClN4S. The fourth-order valence-corrected chi connectivity index (χ4v) is 2.96. The number of nitrogens with zero attached hydrogens (tertiary/aromatic N) is 3. The highest BCUT2D eigenvalue weighted by molar-refractivity contribution is 7.22. The molecule has 0 aliphatic carbocycles. The molecule has 3 aromatic rings. The van der Waals surface area contributed by atoms with Crippen LogP contribution >= 0.6 is 22.9 Å². The maximum Gasteiger partial charge on any atom is 0.229 e. The van der Waals surface area contributed by atoms with Crippen LogP contribution in [0.3, 0.4) is 0 Å². The maximum absolute atomic E-state index is 5.96. The zero-order valence-corrected chi connectivity index (χ0v) is 12.0. The quantitative estimate of drug-likeness (QED) is 0.772. The van der Waals surface area contributed by atoms with Crippen molar-refractivity contribution < 1.29 is 0 Å². The van der Waals surface area contributed by atoms with Crippen LogP contribution in [0.15, 0.2) is 24.3 Å². The third kappa shape index (κ3) is 2.67. The van der Waals surface area contributed by atoms with Gasteiger partial charge in [-0.1, -0.05) is 22.9 Å². The van der Waals surface area contributed by atoms with E-state index in [0.29, 0.717) is 11.0 Å². The van der Waals surface area contributed by atoms with Crippen molar-refractivity contribution in [3.63, 3.8) is 0 Å². The predicted octanol–water partition coefficient (Wildman–Crippen LogP) is 4.10. The molecule has 4 nitrogen and oxygen atoms in total. The van der Waals surface area contributed by atoms with Gasteiger partial charge in [-0.15, -0.1) is 0 Å². The zero-order chi connectivity index (χ0) is 13.4. The Morgan fingerprint density at radius 3 is 2.53 bits per heavy atom. The number of aryl methyl sites for hydroxylation is 2. The second kappa shape index (κ2) is 4.75. The Labute approximate surface area is 119 Å². The van der Waals surface area contributed by atoms with E-state index >= 15 is 0 Å². The largest absolute Gasteiger partial charge is 0.300 e. The van der Waals surface area contributed by atoms with Crippen LogP contribution in [0.25, 0.3) is 10.2 Å². The normalized spacial score (nSPS) is 10.9. The first-order valence-electron chi connectivity index (χ1n) is 5.75. The van der Waals surface area contributed by atoms with E-state index in [2.05, 4.69) is 20.3 Å². The van der Waals surface area contributed by atoms with Crippen LogP contribution in [0, 0.1) is 13.8 Å². The summed E-state index contributed by atoms with van der Waals surface area (Å²) in [6.07, 6.45) is 0. The van der Waals surface area contributed by atoms with E-state index in [1.165, 1.54) is 11.3 Å². The van der Waals surface area contributed by atoms with Gasteiger partial charge in [-0.3, -0.25) is 5.32 Å². The first kappa shape index (κ1) is 12.3. The van der Waals surface area contributed by atoms with E-state index in [0.717, 1.165) is 26.7 Å². The topological polar surface area (TPSA) is 50.7 Å². The molecule has 0 amide bonds. The SMILES string of the molecule is Cc1cc(C)nc(Nc2nc3ccc(Cl)cc3s2)n1. The molecule has 0 saturated heterocycles. The minimum absolute atomic E-state index is 0.572. The van der Waals surface area contributed by atoms with Gasteiger partial charge in [-0.2, -0.15) is 0 Å². The number of benzene rings is 1. The van der Waals surface area contributed by atoms with Crippen LogP contribution < -0.4 is 5.32 Å². The maximum atomic E-state index is 5.96. The van der Waals surface area contributed by atoms with Gasteiger partial charge in [0.2, 0.25) is 5.95 Å². The average Bonchev–Trinajstić information content (AvgIpc) is 2.68. The zero-order valence-electron chi connectivity index (χ0n) is 10.4. The Hall–Kier alpha value is -1.72. The lowest BCUT2D eigenvalue weighted by atomic mass is 10.3. The van der Waals surface area contributed by atoms with Gasteiger partial charge in [-0.05, 0) is 38.1 Å². The molecule has 1 aromatic carbocycles. The van der Waals surface area contributed by atoms with Crippen molar-refractivity contribution in [3.8, 4) is 0 Å². The van der Waals surface area contributed by atoms with Crippen LogP contribution in [0.1, 0.15) is 11.4 Å². The van der Waals surface area contributed by atoms with Gasteiger partial charge >= 0.3 is 0 Å². The molecule has 0 saturated carbocycles. The summed E-state index contributed by atoms with van der Waals surface area (Å²) in [5, 5.41) is 4.62. The molecule has 0 fully saturated rings. The summed E-state index contributed by atoms with van der Waals surface area (Å²) in [4.78, 5) is 13.1. The Kier molecular flexibility index (Phi) is 3.08. The highest BCUT2D eigenvalue weighted by atomic mass is 35.5. The summed E-state index contributed by atoms with van der Waals surface area (Å²) in [6, 6.07) is 7.58. The first-order valence-corrected chi connectivity index (χ1v) is 6.95. The molecule has 2 heterocycles. The average molecular weight is 291 g/mol. The number of halogens is 1. The molecule has 0 unspecified atom stereocenters. The predicted molar refractivity (Wildman–Crippen MR) is 79.4 cm³/mol. The van der Waals surface area contributed by atoms with Crippen molar-refractivity contribution in [2.45, 2.75) is 13.8 Å². The minimum Gasteiger partial charge on any atom is -0.300 e. The second-order valence-corrected chi connectivity index (χ2v) is 5.70. The van der Waals surface area contributed by atoms with Crippen LogP contribution in [0.2, 0.25) is 5.02 Å². The highest BCUT2D eigenvalue weighted by Gasteiger charge is 2.06. The van der Waals surface area contributed by atoms with Crippen molar-refractivity contribution in [1.29, 1.82) is 0 Å². The van der Waals surface area contributed by atoms with Gasteiger partial charge in [0.15, 0.2) is 5.13 Å². The van der Waals surface area contributed by atoms with Gasteiger partial charge in [0.25, 0.3) is 0 Å². The molecule has 96 valence electrons. The molecule has 0 aliphatic rings. The monoisotopic (exact) mass is 290 g/mol. The summed E-state index contributed by atoms with van der Waals surface area (Å²) >= 11 is 7.49. The van der Waals surface area contributed by atoms with Crippen molar-refractivity contribution in [3.05, 3.63) is 40.7 Å². The Morgan fingerprint density at radius 2 is 1.79 bits per heavy atom. The molecule has 2 aromatic heterocycles. The Morgan fingerprint density at radius 1 is 1.05 bits per heavy atom.